The van der Waals surface area contributed by atoms with Gasteiger partial charge in [0.1, 0.15) is 20.8 Å². The minimum Gasteiger partial charge on any atom is -0.505 e. The van der Waals surface area contributed by atoms with Crippen molar-refractivity contribution in [1.82, 2.24) is 9.97 Å². The Labute approximate surface area is 304 Å². The van der Waals surface area contributed by atoms with E-state index in [4.69, 9.17) is 0 Å². The summed E-state index contributed by atoms with van der Waals surface area (Å²) in [6.45, 7) is 0. The first-order valence-electron chi connectivity index (χ1n) is 15.3. The molecule has 4 aromatic carbocycles. The summed E-state index contributed by atoms with van der Waals surface area (Å²) in [6, 6.07) is 14.9. The number of carbonyl (C=O) groups is 4. The van der Waals surface area contributed by atoms with E-state index >= 15 is 0 Å². The first-order valence-corrected chi connectivity index (χ1v) is 18.1. The van der Waals surface area contributed by atoms with Gasteiger partial charge in [-0.15, -0.1) is 0 Å². The largest absolute Gasteiger partial charge is 0.505 e. The summed E-state index contributed by atoms with van der Waals surface area (Å²) in [6.07, 6.45) is 5.81. The van der Waals surface area contributed by atoms with Gasteiger partial charge in [-0.1, -0.05) is 36.4 Å². The number of anilines is 2. The van der Waals surface area contributed by atoms with Crippen LogP contribution in [0.1, 0.15) is 52.6 Å². The number of amides is 2. The molecule has 2 amide bonds. The minimum absolute atomic E-state index is 0.0269. The maximum atomic E-state index is 13.1. The van der Waals surface area contributed by atoms with Gasteiger partial charge >= 0.3 is 0 Å². The van der Waals surface area contributed by atoms with Crippen LogP contribution in [0.4, 0.5) is 11.4 Å². The molecule has 0 saturated heterocycles. The average molecular weight is 769 g/mol. The van der Waals surface area contributed by atoms with Crippen LogP contribution in [0, 0.1) is 0 Å². The molecule has 0 fully saturated rings. The van der Waals surface area contributed by atoms with Crippen LogP contribution in [-0.4, -0.2) is 70.5 Å². The number of nitrogens with one attached hydrogen (secondary N) is 2. The standard InChI is InChI=1S/C36H24N4O12S2/c41-17-21-13-27(33(43)31-25(21)3-1-11-37-31)35(45)39-23-9-7-19(29(15-23)53(47,48)49)5-6-20-8-10-24(16-30(20)54(50,51)52)40-36(46)28-14-22(18-42)26-4-2-12-38-32(26)34(28)44/h1-18,43-44H,(H,39,45)(H,40,46)(H,47,48,49)(H,50,51,52). The molecule has 0 aliphatic carbocycles. The van der Waals surface area contributed by atoms with E-state index in [1.165, 1.54) is 48.8 Å². The lowest BCUT2D eigenvalue weighted by Gasteiger charge is -2.12. The Morgan fingerprint density at radius 3 is 1.31 bits per heavy atom. The van der Waals surface area contributed by atoms with E-state index in [1.807, 2.05) is 0 Å². The predicted octanol–water partition coefficient (Wildman–Crippen LogP) is 4.99. The molecule has 0 saturated carbocycles. The van der Waals surface area contributed by atoms with Crippen LogP contribution in [0.5, 0.6) is 11.5 Å². The number of benzene rings is 4. The lowest BCUT2D eigenvalue weighted by Crippen LogP contribution is -2.14. The molecule has 0 bridgehead atoms. The molecule has 2 heterocycles. The number of nitrogens with zero attached hydrogens (tertiary/aromatic N) is 2. The van der Waals surface area contributed by atoms with Crippen LogP contribution in [0.15, 0.2) is 95.0 Å². The highest BCUT2D eigenvalue weighted by Crippen LogP contribution is 2.33. The van der Waals surface area contributed by atoms with Gasteiger partial charge in [-0.05, 0) is 59.7 Å². The van der Waals surface area contributed by atoms with Gasteiger partial charge in [0.15, 0.2) is 24.1 Å². The molecule has 0 aliphatic rings. The molecular formula is C36H24N4O12S2. The predicted molar refractivity (Wildman–Crippen MR) is 195 cm³/mol. The number of pyridine rings is 2. The lowest BCUT2D eigenvalue weighted by molar-refractivity contribution is 0.101. The van der Waals surface area contributed by atoms with Gasteiger partial charge < -0.3 is 20.8 Å². The third-order valence-corrected chi connectivity index (χ3v) is 9.90. The monoisotopic (exact) mass is 768 g/mol. The van der Waals surface area contributed by atoms with Gasteiger partial charge in [0.05, 0.1) is 11.1 Å². The fourth-order valence-electron chi connectivity index (χ4n) is 5.58. The normalized spacial score (nSPS) is 11.8. The van der Waals surface area contributed by atoms with Crippen molar-refractivity contribution in [3.05, 3.63) is 119 Å². The Hall–Kier alpha value is -6.86. The third kappa shape index (κ3) is 7.25. The molecule has 272 valence electrons. The zero-order valence-electron chi connectivity index (χ0n) is 27.2. The van der Waals surface area contributed by atoms with Gasteiger partial charge in [-0.25, -0.2) is 0 Å². The second kappa shape index (κ2) is 14.3. The van der Waals surface area contributed by atoms with E-state index in [2.05, 4.69) is 20.6 Å². The number of aldehydes is 2. The SMILES string of the molecule is O=Cc1cc(C(=O)Nc2ccc(C=Cc3ccc(NC(=O)c4cc(C=O)c5cccnc5c4O)cc3S(=O)(=O)O)c(S(=O)(=O)O)c2)c(O)c2ncccc12. The number of aromatic nitrogens is 2. The Morgan fingerprint density at radius 2 is 0.963 bits per heavy atom. The van der Waals surface area contributed by atoms with Crippen LogP contribution in [0.25, 0.3) is 34.0 Å². The Balaban J connectivity index is 1.30. The molecule has 2 aromatic heterocycles. The smallest absolute Gasteiger partial charge is 0.295 e. The second-order valence-corrected chi connectivity index (χ2v) is 14.2. The Bertz CT molecular complexity index is 2650. The van der Waals surface area contributed by atoms with E-state index in [-0.39, 0.29) is 66.6 Å². The van der Waals surface area contributed by atoms with E-state index in [9.17, 15) is 55.3 Å². The Kier molecular flexibility index (Phi) is 9.76. The van der Waals surface area contributed by atoms with Crippen molar-refractivity contribution >= 4 is 90.0 Å². The van der Waals surface area contributed by atoms with Crippen molar-refractivity contribution in [2.75, 3.05) is 10.6 Å². The highest BCUT2D eigenvalue weighted by atomic mass is 32.2. The molecule has 6 N–H and O–H groups in total. The molecule has 16 nitrogen and oxygen atoms in total. The number of hydrogen-bond donors (Lipinski definition) is 6. The van der Waals surface area contributed by atoms with Crippen LogP contribution >= 0.6 is 0 Å². The summed E-state index contributed by atoms with van der Waals surface area (Å²) in [4.78, 5) is 56.1. The van der Waals surface area contributed by atoms with Crippen LogP contribution in [-0.2, 0) is 20.2 Å². The van der Waals surface area contributed by atoms with E-state index in [0.717, 1.165) is 48.6 Å². The number of hydrogen-bond acceptors (Lipinski definition) is 12. The molecule has 18 heteroatoms. The van der Waals surface area contributed by atoms with Gasteiger partial charge in [0, 0.05) is 45.7 Å². The van der Waals surface area contributed by atoms with E-state index < -0.39 is 53.3 Å². The molecule has 0 aliphatic heterocycles. The lowest BCUT2D eigenvalue weighted by atomic mass is 10.0. The summed E-state index contributed by atoms with van der Waals surface area (Å²) in [5.41, 5.74) is -1.37. The van der Waals surface area contributed by atoms with Gasteiger partial charge in [-0.3, -0.25) is 38.3 Å². The van der Waals surface area contributed by atoms with Gasteiger partial charge in [0.25, 0.3) is 32.1 Å². The molecule has 6 rings (SSSR count). The molecule has 0 atom stereocenters. The number of carbonyl (C=O) groups excluding carboxylic acids is 4. The van der Waals surface area contributed by atoms with Gasteiger partial charge in [-0.2, -0.15) is 16.8 Å². The summed E-state index contributed by atoms with van der Waals surface area (Å²) < 4.78 is 69.6. The maximum Gasteiger partial charge on any atom is 0.295 e. The average Bonchev–Trinajstić information content (AvgIpc) is 3.14. The first-order chi connectivity index (χ1) is 25.6. The highest BCUT2D eigenvalue weighted by Gasteiger charge is 2.23. The molecule has 0 radical (unpaired) electrons. The quantitative estimate of drug-likeness (QED) is 0.0609. The maximum absolute atomic E-state index is 13.1. The fourth-order valence-corrected chi connectivity index (χ4v) is 7.00. The summed E-state index contributed by atoms with van der Waals surface area (Å²) >= 11 is 0. The van der Waals surface area contributed by atoms with Gasteiger partial charge in [0.2, 0.25) is 0 Å². The number of rotatable bonds is 10. The van der Waals surface area contributed by atoms with Crippen molar-refractivity contribution in [2.24, 2.45) is 0 Å². The zero-order chi connectivity index (χ0) is 38.9. The molecule has 0 spiro atoms. The van der Waals surface area contributed by atoms with Crippen LogP contribution < -0.4 is 10.6 Å². The summed E-state index contributed by atoms with van der Waals surface area (Å²) in [5, 5.41) is 26.7. The second-order valence-electron chi connectivity index (χ2n) is 11.5. The number of fused-ring (bicyclic) bond motifs is 2. The third-order valence-electron chi connectivity index (χ3n) is 8.08. The first kappa shape index (κ1) is 36.9. The van der Waals surface area contributed by atoms with Crippen molar-refractivity contribution in [3.8, 4) is 11.5 Å². The van der Waals surface area contributed by atoms with Crippen LogP contribution in [0.3, 0.4) is 0 Å². The van der Waals surface area contributed by atoms with Crippen molar-refractivity contribution in [2.45, 2.75) is 9.79 Å². The topological polar surface area (TPSA) is 267 Å². The minimum atomic E-state index is -4.99. The number of aromatic hydroxyl groups is 2. The van der Waals surface area contributed by atoms with Crippen molar-refractivity contribution in [3.63, 3.8) is 0 Å². The fraction of sp³-hybridized carbons (Fsp3) is 0. The van der Waals surface area contributed by atoms with E-state index in [1.54, 1.807) is 0 Å². The summed E-state index contributed by atoms with van der Waals surface area (Å²) in [7, 11) is -9.97. The van der Waals surface area contributed by atoms with Crippen LogP contribution in [0.2, 0.25) is 0 Å². The Morgan fingerprint density at radius 1 is 0.574 bits per heavy atom. The highest BCUT2D eigenvalue weighted by molar-refractivity contribution is 7.86. The number of phenols is 2. The van der Waals surface area contributed by atoms with E-state index in [0.29, 0.717) is 12.6 Å². The van der Waals surface area contributed by atoms with Crippen molar-refractivity contribution < 1.29 is 55.3 Å². The molecular weight excluding hydrogens is 745 g/mol. The molecule has 0 unspecified atom stereocenters. The molecule has 6 aromatic rings. The van der Waals surface area contributed by atoms with Crippen molar-refractivity contribution in [1.29, 1.82) is 0 Å². The molecule has 54 heavy (non-hydrogen) atoms. The summed E-state index contributed by atoms with van der Waals surface area (Å²) in [5.74, 6) is -2.98. The number of phenolic OH excluding ortho intramolecular Hbond substituents is 2. The zero-order valence-corrected chi connectivity index (χ0v) is 28.8.